The minimum atomic E-state index is 0.371. The summed E-state index contributed by atoms with van der Waals surface area (Å²) in [6.07, 6.45) is 7.43. The molecule has 1 fully saturated rings. The molecule has 0 aromatic carbocycles. The number of fused-ring (bicyclic) bond motifs is 1. The van der Waals surface area contributed by atoms with E-state index in [0.717, 1.165) is 43.5 Å². The average molecular weight is 304 g/mol. The first kappa shape index (κ1) is 15.3. The van der Waals surface area contributed by atoms with Gasteiger partial charge in [-0.2, -0.15) is 5.10 Å². The molecule has 6 nitrogen and oxygen atoms in total. The standard InChI is InChI=1S/C16H28N6/c1-12-19-14-7-6-13(10-22(14)21-12)20-15(17-3)18-11-16(2)8-4-5-9-16/h13H,4-11H2,1-3H3,(H2,17,18,20). The molecule has 3 rings (SSSR count). The SMILES string of the molecule is CN=C(NCC1(C)CCCC1)NC1CCc2nc(C)nn2C1. The molecule has 1 aliphatic heterocycles. The molecule has 0 amide bonds. The van der Waals surface area contributed by atoms with Crippen molar-refractivity contribution in [1.82, 2.24) is 25.4 Å². The maximum Gasteiger partial charge on any atom is 0.191 e. The fraction of sp³-hybridized carbons (Fsp3) is 0.812. The molecule has 122 valence electrons. The molecule has 0 radical (unpaired) electrons. The Kier molecular flexibility index (Phi) is 4.36. The summed E-state index contributed by atoms with van der Waals surface area (Å²) in [6, 6.07) is 0.371. The number of aryl methyl sites for hydroxylation is 2. The van der Waals surface area contributed by atoms with E-state index in [-0.39, 0.29) is 0 Å². The molecule has 1 aromatic heterocycles. The summed E-state index contributed by atoms with van der Waals surface area (Å²) >= 11 is 0. The molecule has 1 saturated carbocycles. The van der Waals surface area contributed by atoms with Gasteiger partial charge in [0.2, 0.25) is 0 Å². The lowest BCUT2D eigenvalue weighted by Crippen LogP contribution is -2.49. The molecule has 1 atom stereocenters. The number of aromatic nitrogens is 3. The van der Waals surface area contributed by atoms with E-state index in [0.29, 0.717) is 11.5 Å². The molecule has 1 unspecified atom stereocenters. The Morgan fingerprint density at radius 1 is 1.41 bits per heavy atom. The molecule has 2 N–H and O–H groups in total. The summed E-state index contributed by atoms with van der Waals surface area (Å²) in [5.41, 5.74) is 0.431. The maximum atomic E-state index is 4.46. The van der Waals surface area contributed by atoms with E-state index in [1.807, 2.05) is 18.7 Å². The normalized spacial score (nSPS) is 24.1. The van der Waals surface area contributed by atoms with Crippen LogP contribution >= 0.6 is 0 Å². The molecular formula is C16H28N6. The number of rotatable bonds is 3. The van der Waals surface area contributed by atoms with Crippen molar-refractivity contribution >= 4 is 5.96 Å². The molecular weight excluding hydrogens is 276 g/mol. The second kappa shape index (κ2) is 6.26. The number of hydrogen-bond acceptors (Lipinski definition) is 3. The molecule has 1 aromatic rings. The second-order valence-electron chi connectivity index (χ2n) is 7.08. The Balaban J connectivity index is 1.53. The van der Waals surface area contributed by atoms with Crippen LogP contribution < -0.4 is 10.6 Å². The number of aliphatic imine (C=N–C) groups is 1. The zero-order valence-corrected chi connectivity index (χ0v) is 14.0. The van der Waals surface area contributed by atoms with Crippen molar-refractivity contribution in [3.8, 4) is 0 Å². The largest absolute Gasteiger partial charge is 0.356 e. The first-order valence-corrected chi connectivity index (χ1v) is 8.45. The van der Waals surface area contributed by atoms with Crippen molar-refractivity contribution in [2.75, 3.05) is 13.6 Å². The molecule has 0 bridgehead atoms. The predicted octanol–water partition coefficient (Wildman–Crippen LogP) is 1.65. The van der Waals surface area contributed by atoms with Gasteiger partial charge in [-0.1, -0.05) is 19.8 Å². The first-order valence-electron chi connectivity index (χ1n) is 8.45. The van der Waals surface area contributed by atoms with Crippen molar-refractivity contribution in [3.63, 3.8) is 0 Å². The number of nitrogens with zero attached hydrogens (tertiary/aromatic N) is 4. The summed E-state index contributed by atoms with van der Waals surface area (Å²) < 4.78 is 2.03. The van der Waals surface area contributed by atoms with Gasteiger partial charge in [-0.25, -0.2) is 9.67 Å². The zero-order valence-electron chi connectivity index (χ0n) is 14.0. The third kappa shape index (κ3) is 3.42. The zero-order chi connectivity index (χ0) is 15.6. The first-order chi connectivity index (χ1) is 10.6. The lowest BCUT2D eigenvalue weighted by Gasteiger charge is -2.28. The van der Waals surface area contributed by atoms with E-state index < -0.39 is 0 Å². The van der Waals surface area contributed by atoms with Crippen molar-refractivity contribution in [2.45, 2.75) is 65.0 Å². The van der Waals surface area contributed by atoms with E-state index in [2.05, 4.69) is 32.6 Å². The lowest BCUT2D eigenvalue weighted by molar-refractivity contribution is 0.331. The van der Waals surface area contributed by atoms with E-state index in [9.17, 15) is 0 Å². The van der Waals surface area contributed by atoms with Crippen molar-refractivity contribution in [2.24, 2.45) is 10.4 Å². The Hall–Kier alpha value is -1.59. The number of guanidine groups is 1. The van der Waals surface area contributed by atoms with Gasteiger partial charge in [0.1, 0.15) is 11.6 Å². The average Bonchev–Trinajstić information content (AvgIpc) is 3.08. The molecule has 2 aliphatic rings. The van der Waals surface area contributed by atoms with Gasteiger partial charge in [0.15, 0.2) is 5.96 Å². The van der Waals surface area contributed by atoms with E-state index in [4.69, 9.17) is 0 Å². The molecule has 0 spiro atoms. The van der Waals surface area contributed by atoms with E-state index in [1.165, 1.54) is 25.7 Å². The second-order valence-corrected chi connectivity index (χ2v) is 7.08. The topological polar surface area (TPSA) is 67.1 Å². The number of hydrogen-bond donors (Lipinski definition) is 2. The van der Waals surface area contributed by atoms with Crippen LogP contribution in [-0.4, -0.2) is 40.4 Å². The summed E-state index contributed by atoms with van der Waals surface area (Å²) in [5, 5.41) is 11.5. The Bertz CT molecular complexity index is 541. The van der Waals surface area contributed by atoms with Crippen LogP contribution in [0.1, 0.15) is 50.7 Å². The molecule has 0 saturated heterocycles. The quantitative estimate of drug-likeness (QED) is 0.658. The van der Waals surface area contributed by atoms with Gasteiger partial charge < -0.3 is 10.6 Å². The third-order valence-corrected chi connectivity index (χ3v) is 5.02. The van der Waals surface area contributed by atoms with Crippen LogP contribution in [0, 0.1) is 12.3 Å². The predicted molar refractivity (Wildman–Crippen MR) is 87.9 cm³/mol. The van der Waals surface area contributed by atoms with Gasteiger partial charge in [-0.05, 0) is 31.6 Å². The van der Waals surface area contributed by atoms with Crippen LogP contribution in [0.4, 0.5) is 0 Å². The summed E-state index contributed by atoms with van der Waals surface area (Å²) in [7, 11) is 1.85. The Morgan fingerprint density at radius 2 is 2.18 bits per heavy atom. The highest BCUT2D eigenvalue weighted by molar-refractivity contribution is 5.80. The fourth-order valence-corrected chi connectivity index (χ4v) is 3.64. The summed E-state index contributed by atoms with van der Waals surface area (Å²) in [5.74, 6) is 2.89. The third-order valence-electron chi connectivity index (χ3n) is 5.02. The highest BCUT2D eigenvalue weighted by atomic mass is 15.4. The minimum Gasteiger partial charge on any atom is -0.356 e. The van der Waals surface area contributed by atoms with Crippen LogP contribution in [-0.2, 0) is 13.0 Å². The summed E-state index contributed by atoms with van der Waals surface area (Å²) in [4.78, 5) is 8.85. The van der Waals surface area contributed by atoms with Gasteiger partial charge in [0.25, 0.3) is 0 Å². The smallest absolute Gasteiger partial charge is 0.191 e. The van der Waals surface area contributed by atoms with Crippen molar-refractivity contribution in [3.05, 3.63) is 11.6 Å². The van der Waals surface area contributed by atoms with Crippen LogP contribution in [0.3, 0.4) is 0 Å². The molecule has 1 aliphatic carbocycles. The highest BCUT2D eigenvalue weighted by Crippen LogP contribution is 2.36. The van der Waals surface area contributed by atoms with Gasteiger partial charge in [0.05, 0.1) is 6.54 Å². The highest BCUT2D eigenvalue weighted by Gasteiger charge is 2.29. The molecule has 2 heterocycles. The van der Waals surface area contributed by atoms with Crippen LogP contribution in [0.2, 0.25) is 0 Å². The Labute approximate surface area is 132 Å². The minimum absolute atomic E-state index is 0.371. The van der Waals surface area contributed by atoms with Crippen molar-refractivity contribution in [1.29, 1.82) is 0 Å². The van der Waals surface area contributed by atoms with Gasteiger partial charge in [-0.3, -0.25) is 4.99 Å². The van der Waals surface area contributed by atoms with E-state index in [1.54, 1.807) is 0 Å². The van der Waals surface area contributed by atoms with Gasteiger partial charge in [0, 0.05) is 26.1 Å². The lowest BCUT2D eigenvalue weighted by atomic mass is 9.89. The molecule has 22 heavy (non-hydrogen) atoms. The van der Waals surface area contributed by atoms with Gasteiger partial charge in [-0.15, -0.1) is 0 Å². The van der Waals surface area contributed by atoms with Crippen LogP contribution in [0.5, 0.6) is 0 Å². The Morgan fingerprint density at radius 3 is 2.91 bits per heavy atom. The number of nitrogens with one attached hydrogen (secondary N) is 2. The monoisotopic (exact) mass is 304 g/mol. The van der Waals surface area contributed by atoms with Crippen LogP contribution in [0.15, 0.2) is 4.99 Å². The van der Waals surface area contributed by atoms with Crippen molar-refractivity contribution < 1.29 is 0 Å². The van der Waals surface area contributed by atoms with Crippen LogP contribution in [0.25, 0.3) is 0 Å². The molecule has 6 heteroatoms. The van der Waals surface area contributed by atoms with E-state index >= 15 is 0 Å². The van der Waals surface area contributed by atoms with Gasteiger partial charge >= 0.3 is 0 Å². The fourth-order valence-electron chi connectivity index (χ4n) is 3.64. The maximum absolute atomic E-state index is 4.46. The summed E-state index contributed by atoms with van der Waals surface area (Å²) in [6.45, 7) is 6.21.